The molecule has 0 bridgehead atoms. The van der Waals surface area contributed by atoms with Gasteiger partial charge in [-0.05, 0) is 12.1 Å². The SMILES string of the molecule is COc1ccccc1N1C=NC(N)=C(C#N)C1. The van der Waals surface area contributed by atoms with E-state index in [0.717, 1.165) is 11.4 Å². The number of nitrogens with two attached hydrogens (primary N) is 1. The molecule has 0 amide bonds. The van der Waals surface area contributed by atoms with Crippen LogP contribution in [0, 0.1) is 11.3 Å². The van der Waals surface area contributed by atoms with E-state index in [4.69, 9.17) is 15.7 Å². The van der Waals surface area contributed by atoms with Gasteiger partial charge in [-0.2, -0.15) is 5.26 Å². The van der Waals surface area contributed by atoms with Crippen molar-refractivity contribution in [2.24, 2.45) is 10.7 Å². The van der Waals surface area contributed by atoms with Crippen LogP contribution in [0.5, 0.6) is 5.75 Å². The summed E-state index contributed by atoms with van der Waals surface area (Å²) in [7, 11) is 1.61. The molecule has 1 heterocycles. The second-order valence-corrected chi connectivity index (χ2v) is 3.52. The van der Waals surface area contributed by atoms with Crippen LogP contribution in [-0.4, -0.2) is 20.0 Å². The maximum absolute atomic E-state index is 8.93. The average Bonchev–Trinajstić information content (AvgIpc) is 2.39. The molecule has 0 aliphatic carbocycles. The van der Waals surface area contributed by atoms with Gasteiger partial charge >= 0.3 is 0 Å². The van der Waals surface area contributed by atoms with Crippen molar-refractivity contribution in [3.05, 3.63) is 35.7 Å². The van der Waals surface area contributed by atoms with Crippen LogP contribution in [0.3, 0.4) is 0 Å². The van der Waals surface area contributed by atoms with E-state index >= 15 is 0 Å². The molecule has 0 spiro atoms. The molecule has 0 fully saturated rings. The fourth-order valence-electron chi connectivity index (χ4n) is 1.61. The van der Waals surface area contributed by atoms with E-state index in [0.29, 0.717) is 12.1 Å². The molecule has 1 aromatic rings. The standard InChI is InChI=1S/C12H12N4O/c1-17-11-5-3-2-4-10(11)16-7-9(6-13)12(14)15-8-16/h2-5,8H,7,14H2,1H3. The number of benzene rings is 1. The number of hydrogen-bond donors (Lipinski definition) is 1. The van der Waals surface area contributed by atoms with Gasteiger partial charge in [0, 0.05) is 0 Å². The van der Waals surface area contributed by atoms with Crippen LogP contribution in [0.15, 0.2) is 40.7 Å². The predicted molar refractivity (Wildman–Crippen MR) is 65.7 cm³/mol. The zero-order valence-electron chi connectivity index (χ0n) is 9.42. The van der Waals surface area contributed by atoms with Crippen LogP contribution in [0.1, 0.15) is 0 Å². The maximum atomic E-state index is 8.93. The van der Waals surface area contributed by atoms with Crippen molar-refractivity contribution in [3.8, 4) is 11.8 Å². The number of nitrogens with zero attached hydrogens (tertiary/aromatic N) is 3. The van der Waals surface area contributed by atoms with Crippen LogP contribution >= 0.6 is 0 Å². The molecule has 2 N–H and O–H groups in total. The Labute approximate surface area is 99.4 Å². The highest BCUT2D eigenvalue weighted by Crippen LogP contribution is 2.28. The number of aliphatic imine (C=N–C) groups is 1. The lowest BCUT2D eigenvalue weighted by Crippen LogP contribution is -2.29. The normalized spacial score (nSPS) is 14.7. The summed E-state index contributed by atoms with van der Waals surface area (Å²) in [5.74, 6) is 1.01. The van der Waals surface area contributed by atoms with E-state index < -0.39 is 0 Å². The third-order valence-corrected chi connectivity index (χ3v) is 2.50. The van der Waals surface area contributed by atoms with E-state index in [2.05, 4.69) is 4.99 Å². The molecule has 2 rings (SSSR count). The lowest BCUT2D eigenvalue weighted by molar-refractivity contribution is 0.415. The molecule has 1 aromatic carbocycles. The number of nitriles is 1. The third-order valence-electron chi connectivity index (χ3n) is 2.50. The van der Waals surface area contributed by atoms with Crippen molar-refractivity contribution in [3.63, 3.8) is 0 Å². The van der Waals surface area contributed by atoms with Crippen LogP contribution in [0.25, 0.3) is 0 Å². The van der Waals surface area contributed by atoms with Crippen LogP contribution in [0.4, 0.5) is 5.69 Å². The Balaban J connectivity index is 2.33. The highest BCUT2D eigenvalue weighted by atomic mass is 16.5. The van der Waals surface area contributed by atoms with Gasteiger partial charge in [0.2, 0.25) is 0 Å². The van der Waals surface area contributed by atoms with E-state index in [9.17, 15) is 0 Å². The van der Waals surface area contributed by atoms with Crippen molar-refractivity contribution in [1.29, 1.82) is 5.26 Å². The molecule has 0 saturated heterocycles. The number of rotatable bonds is 2. The largest absolute Gasteiger partial charge is 0.495 e. The Hall–Kier alpha value is -2.48. The monoisotopic (exact) mass is 228 g/mol. The Bertz CT molecular complexity index is 528. The van der Waals surface area contributed by atoms with Gasteiger partial charge in [-0.1, -0.05) is 12.1 Å². The minimum absolute atomic E-state index is 0.277. The Kier molecular flexibility index (Phi) is 2.97. The molecular weight excluding hydrogens is 216 g/mol. The topological polar surface area (TPSA) is 74.6 Å². The van der Waals surface area contributed by atoms with Crippen molar-refractivity contribution in [2.75, 3.05) is 18.6 Å². The van der Waals surface area contributed by atoms with Gasteiger partial charge in [-0.3, -0.25) is 0 Å². The quantitative estimate of drug-likeness (QED) is 0.826. The van der Waals surface area contributed by atoms with Crippen LogP contribution < -0.4 is 15.4 Å². The molecule has 0 radical (unpaired) electrons. The van der Waals surface area contributed by atoms with Crippen molar-refractivity contribution in [2.45, 2.75) is 0 Å². The smallest absolute Gasteiger partial charge is 0.142 e. The summed E-state index contributed by atoms with van der Waals surface area (Å²) in [6.45, 7) is 0.409. The molecule has 0 aromatic heterocycles. The Morgan fingerprint density at radius 2 is 2.24 bits per heavy atom. The highest BCUT2D eigenvalue weighted by Gasteiger charge is 2.16. The molecule has 0 unspecified atom stereocenters. The fraction of sp³-hybridized carbons (Fsp3) is 0.167. The zero-order valence-corrected chi connectivity index (χ0v) is 9.42. The van der Waals surface area contributed by atoms with Gasteiger partial charge in [-0.15, -0.1) is 0 Å². The molecule has 86 valence electrons. The first kappa shape index (κ1) is 11.0. The highest BCUT2D eigenvalue weighted by molar-refractivity contribution is 5.84. The summed E-state index contributed by atoms with van der Waals surface area (Å²) in [6, 6.07) is 9.60. The van der Waals surface area contributed by atoms with Gasteiger partial charge in [0.25, 0.3) is 0 Å². The second-order valence-electron chi connectivity index (χ2n) is 3.52. The van der Waals surface area contributed by atoms with Gasteiger partial charge in [0.15, 0.2) is 0 Å². The molecule has 5 heteroatoms. The third kappa shape index (κ3) is 2.06. The Morgan fingerprint density at radius 3 is 2.94 bits per heavy atom. The van der Waals surface area contributed by atoms with E-state index in [1.807, 2.05) is 35.2 Å². The molecular formula is C12H12N4O. The second kappa shape index (κ2) is 4.58. The van der Waals surface area contributed by atoms with Crippen molar-refractivity contribution in [1.82, 2.24) is 0 Å². The first-order valence-corrected chi connectivity index (χ1v) is 5.09. The fourth-order valence-corrected chi connectivity index (χ4v) is 1.61. The molecule has 0 atom stereocenters. The lowest BCUT2D eigenvalue weighted by Gasteiger charge is -2.24. The molecule has 1 aliphatic heterocycles. The minimum Gasteiger partial charge on any atom is -0.495 e. The van der Waals surface area contributed by atoms with Crippen molar-refractivity contribution >= 4 is 12.0 Å². The van der Waals surface area contributed by atoms with E-state index in [-0.39, 0.29) is 5.82 Å². The molecule has 5 nitrogen and oxygen atoms in total. The molecule has 17 heavy (non-hydrogen) atoms. The summed E-state index contributed by atoms with van der Waals surface area (Å²) >= 11 is 0. The predicted octanol–water partition coefficient (Wildman–Crippen LogP) is 1.24. The van der Waals surface area contributed by atoms with Crippen molar-refractivity contribution < 1.29 is 4.74 Å². The number of methoxy groups -OCH3 is 1. The molecule has 0 saturated carbocycles. The average molecular weight is 228 g/mol. The summed E-state index contributed by atoms with van der Waals surface area (Å²) in [5, 5.41) is 8.93. The lowest BCUT2D eigenvalue weighted by atomic mass is 10.2. The van der Waals surface area contributed by atoms with Gasteiger partial charge in [-0.25, -0.2) is 4.99 Å². The van der Waals surface area contributed by atoms with Crippen LogP contribution in [0.2, 0.25) is 0 Å². The first-order valence-electron chi connectivity index (χ1n) is 5.09. The van der Waals surface area contributed by atoms with E-state index in [1.165, 1.54) is 0 Å². The number of hydrogen-bond acceptors (Lipinski definition) is 5. The number of ether oxygens (including phenoxy) is 1. The van der Waals surface area contributed by atoms with Gasteiger partial charge < -0.3 is 15.4 Å². The Morgan fingerprint density at radius 1 is 1.47 bits per heavy atom. The summed E-state index contributed by atoms with van der Waals surface area (Å²) in [5.41, 5.74) is 6.92. The summed E-state index contributed by atoms with van der Waals surface area (Å²) < 4.78 is 5.26. The molecule has 1 aliphatic rings. The number of anilines is 1. The zero-order chi connectivity index (χ0) is 12.3. The van der Waals surface area contributed by atoms with Crippen LogP contribution in [-0.2, 0) is 0 Å². The minimum atomic E-state index is 0.277. The first-order chi connectivity index (χ1) is 8.26. The van der Waals surface area contributed by atoms with Gasteiger partial charge in [0.05, 0.1) is 31.3 Å². The summed E-state index contributed by atoms with van der Waals surface area (Å²) in [4.78, 5) is 5.82. The van der Waals surface area contributed by atoms with E-state index in [1.54, 1.807) is 13.4 Å². The number of para-hydroxylation sites is 2. The maximum Gasteiger partial charge on any atom is 0.142 e. The summed E-state index contributed by atoms with van der Waals surface area (Å²) in [6.07, 6.45) is 1.61. The van der Waals surface area contributed by atoms with Gasteiger partial charge in [0.1, 0.15) is 17.6 Å².